The summed E-state index contributed by atoms with van der Waals surface area (Å²) in [5.41, 5.74) is 3.97. The highest BCUT2D eigenvalue weighted by molar-refractivity contribution is 9.10. The number of aryl methyl sites for hydroxylation is 2. The van der Waals surface area contributed by atoms with E-state index in [9.17, 15) is 18.0 Å². The quantitative estimate of drug-likeness (QED) is 0.170. The first-order valence-electron chi connectivity index (χ1n) is 15.0. The van der Waals surface area contributed by atoms with Gasteiger partial charge in [-0.2, -0.15) is 0 Å². The van der Waals surface area contributed by atoms with Gasteiger partial charge in [0.1, 0.15) is 12.6 Å². The topological polar surface area (TPSA) is 86.8 Å². The lowest BCUT2D eigenvalue weighted by Gasteiger charge is -2.34. The number of amides is 2. The summed E-state index contributed by atoms with van der Waals surface area (Å²) in [5, 5.41) is 3.02. The Morgan fingerprint density at radius 2 is 1.51 bits per heavy atom. The van der Waals surface area contributed by atoms with E-state index in [-0.39, 0.29) is 29.7 Å². The van der Waals surface area contributed by atoms with Crippen molar-refractivity contribution in [2.24, 2.45) is 5.92 Å². The van der Waals surface area contributed by atoms with Gasteiger partial charge in [-0.1, -0.05) is 108 Å². The van der Waals surface area contributed by atoms with Crippen LogP contribution in [0, 0.1) is 19.8 Å². The Balaban J connectivity index is 1.81. The number of carbonyl (C=O) groups is 2. The zero-order valence-corrected chi connectivity index (χ0v) is 28.5. The standard InChI is InChI=1S/C36H40BrN3O4S/c1-26(2)23-38-36(42)34(21-29-12-6-5-7-13-29)39(24-30-14-9-8-11-28(30)4)35(41)25-40(32-16-10-15-31(37)22-32)45(43,44)33-19-17-27(3)18-20-33/h5-20,22,26,34H,21,23-25H2,1-4H3,(H,38,42)/t34-/m0/s1. The molecule has 0 fully saturated rings. The fourth-order valence-electron chi connectivity index (χ4n) is 4.94. The van der Waals surface area contributed by atoms with E-state index < -0.39 is 28.5 Å². The summed E-state index contributed by atoms with van der Waals surface area (Å²) >= 11 is 3.45. The fraction of sp³-hybridized carbons (Fsp3) is 0.278. The van der Waals surface area contributed by atoms with Gasteiger partial charge in [-0.25, -0.2) is 8.42 Å². The average Bonchev–Trinajstić information content (AvgIpc) is 3.01. The predicted molar refractivity (Wildman–Crippen MR) is 183 cm³/mol. The summed E-state index contributed by atoms with van der Waals surface area (Å²) in [7, 11) is -4.16. The third kappa shape index (κ3) is 9.05. The minimum absolute atomic E-state index is 0.0711. The van der Waals surface area contributed by atoms with E-state index in [0.29, 0.717) is 16.7 Å². The molecule has 9 heteroatoms. The number of carbonyl (C=O) groups excluding carboxylic acids is 2. The van der Waals surface area contributed by atoms with Gasteiger partial charge in [-0.05, 0) is 66.8 Å². The molecule has 4 aromatic carbocycles. The Kier molecular flexibility index (Phi) is 11.6. The molecule has 1 atom stereocenters. The number of benzene rings is 4. The second-order valence-corrected chi connectivity index (χ2v) is 14.4. The molecule has 4 aromatic rings. The molecule has 0 aromatic heterocycles. The van der Waals surface area contributed by atoms with Crippen LogP contribution in [0.15, 0.2) is 112 Å². The third-order valence-electron chi connectivity index (χ3n) is 7.54. The molecule has 0 heterocycles. The highest BCUT2D eigenvalue weighted by Gasteiger charge is 2.35. The number of anilines is 1. The highest BCUT2D eigenvalue weighted by Crippen LogP contribution is 2.28. The summed E-state index contributed by atoms with van der Waals surface area (Å²) < 4.78 is 30.1. The van der Waals surface area contributed by atoms with Gasteiger partial charge in [0.25, 0.3) is 10.0 Å². The van der Waals surface area contributed by atoms with Crippen molar-refractivity contribution >= 4 is 43.5 Å². The van der Waals surface area contributed by atoms with Crippen molar-refractivity contribution in [2.45, 2.75) is 51.6 Å². The second-order valence-electron chi connectivity index (χ2n) is 11.6. The lowest BCUT2D eigenvalue weighted by atomic mass is 10.0. The SMILES string of the molecule is Cc1ccc(S(=O)(=O)N(CC(=O)N(Cc2ccccc2C)[C@@H](Cc2ccccc2)C(=O)NCC(C)C)c2cccc(Br)c2)cc1. The van der Waals surface area contributed by atoms with Gasteiger partial charge in [0.15, 0.2) is 0 Å². The van der Waals surface area contributed by atoms with Crippen LogP contribution in [0.4, 0.5) is 5.69 Å². The molecule has 0 aliphatic heterocycles. The minimum atomic E-state index is -4.16. The summed E-state index contributed by atoms with van der Waals surface area (Å²) in [5.74, 6) is -0.571. The number of rotatable bonds is 13. The Labute approximate surface area is 275 Å². The molecule has 4 rings (SSSR count). The van der Waals surface area contributed by atoms with Crippen LogP contribution in [-0.4, -0.2) is 44.3 Å². The lowest BCUT2D eigenvalue weighted by molar-refractivity contribution is -0.140. The zero-order valence-electron chi connectivity index (χ0n) is 26.1. The molecule has 0 aliphatic rings. The van der Waals surface area contributed by atoms with E-state index in [0.717, 1.165) is 26.6 Å². The van der Waals surface area contributed by atoms with E-state index in [2.05, 4.69) is 21.2 Å². The first kappa shape index (κ1) is 33.9. The summed E-state index contributed by atoms with van der Waals surface area (Å²) in [6.45, 7) is 7.94. The lowest BCUT2D eigenvalue weighted by Crippen LogP contribution is -2.53. The van der Waals surface area contributed by atoms with Crippen LogP contribution in [0.25, 0.3) is 0 Å². The molecule has 2 amide bonds. The van der Waals surface area contributed by atoms with Crippen LogP contribution in [0.1, 0.15) is 36.1 Å². The fourth-order valence-corrected chi connectivity index (χ4v) is 6.74. The maximum atomic E-state index is 14.6. The summed E-state index contributed by atoms with van der Waals surface area (Å²) in [6, 6.07) is 29.8. The van der Waals surface area contributed by atoms with Crippen LogP contribution in [-0.2, 0) is 32.6 Å². The van der Waals surface area contributed by atoms with Crippen molar-refractivity contribution in [2.75, 3.05) is 17.4 Å². The molecule has 0 radical (unpaired) electrons. The Morgan fingerprint density at radius 1 is 0.844 bits per heavy atom. The van der Waals surface area contributed by atoms with Crippen LogP contribution in [0.2, 0.25) is 0 Å². The largest absolute Gasteiger partial charge is 0.354 e. The first-order chi connectivity index (χ1) is 21.5. The Bertz CT molecular complexity index is 1710. The molecule has 0 saturated carbocycles. The van der Waals surface area contributed by atoms with Crippen LogP contribution in [0.3, 0.4) is 0 Å². The Morgan fingerprint density at radius 3 is 2.16 bits per heavy atom. The van der Waals surface area contributed by atoms with Gasteiger partial charge >= 0.3 is 0 Å². The van der Waals surface area contributed by atoms with E-state index in [1.54, 1.807) is 48.5 Å². The third-order valence-corrected chi connectivity index (χ3v) is 9.82. The van der Waals surface area contributed by atoms with Crippen LogP contribution in [0.5, 0.6) is 0 Å². The van der Waals surface area contributed by atoms with Gasteiger partial charge in [-0.3, -0.25) is 13.9 Å². The number of nitrogens with one attached hydrogen (secondary N) is 1. The monoisotopic (exact) mass is 689 g/mol. The number of hydrogen-bond acceptors (Lipinski definition) is 4. The van der Waals surface area contributed by atoms with Crippen LogP contribution < -0.4 is 9.62 Å². The molecular formula is C36H40BrN3O4S. The number of halogens is 1. The minimum Gasteiger partial charge on any atom is -0.354 e. The Hall–Kier alpha value is -3.95. The summed E-state index contributed by atoms with van der Waals surface area (Å²) in [6.07, 6.45) is 0.268. The summed E-state index contributed by atoms with van der Waals surface area (Å²) in [4.78, 5) is 30.0. The normalized spacial score (nSPS) is 12.0. The smallest absolute Gasteiger partial charge is 0.264 e. The molecule has 236 valence electrons. The number of nitrogens with zero attached hydrogens (tertiary/aromatic N) is 2. The van der Waals surface area contributed by atoms with E-state index >= 15 is 0 Å². The highest BCUT2D eigenvalue weighted by atomic mass is 79.9. The van der Waals surface area contributed by atoms with Gasteiger partial charge < -0.3 is 10.2 Å². The molecule has 0 aliphatic carbocycles. The first-order valence-corrected chi connectivity index (χ1v) is 17.2. The van der Waals surface area contributed by atoms with Crippen molar-refractivity contribution < 1.29 is 18.0 Å². The van der Waals surface area contributed by atoms with Gasteiger partial charge in [-0.15, -0.1) is 0 Å². The van der Waals surface area contributed by atoms with Gasteiger partial charge in [0, 0.05) is 24.0 Å². The molecule has 0 bridgehead atoms. The molecule has 0 spiro atoms. The molecule has 0 unspecified atom stereocenters. The average molecular weight is 691 g/mol. The predicted octanol–water partition coefficient (Wildman–Crippen LogP) is 6.67. The molecule has 7 nitrogen and oxygen atoms in total. The van der Waals surface area contributed by atoms with E-state index in [1.807, 2.05) is 82.3 Å². The molecular weight excluding hydrogens is 650 g/mol. The number of sulfonamides is 1. The zero-order chi connectivity index (χ0) is 32.6. The van der Waals surface area contributed by atoms with Crippen molar-refractivity contribution in [3.8, 4) is 0 Å². The maximum absolute atomic E-state index is 14.6. The second kappa shape index (κ2) is 15.4. The van der Waals surface area contributed by atoms with Gasteiger partial charge in [0.2, 0.25) is 11.8 Å². The van der Waals surface area contributed by atoms with Crippen LogP contribution >= 0.6 is 15.9 Å². The number of hydrogen-bond donors (Lipinski definition) is 1. The van der Waals surface area contributed by atoms with E-state index in [4.69, 9.17) is 0 Å². The molecule has 0 saturated heterocycles. The van der Waals surface area contributed by atoms with Crippen molar-refractivity contribution in [1.82, 2.24) is 10.2 Å². The van der Waals surface area contributed by atoms with Crippen molar-refractivity contribution in [3.05, 3.63) is 130 Å². The van der Waals surface area contributed by atoms with Crippen molar-refractivity contribution in [3.63, 3.8) is 0 Å². The van der Waals surface area contributed by atoms with Gasteiger partial charge in [0.05, 0.1) is 10.6 Å². The molecule has 1 N–H and O–H groups in total. The van der Waals surface area contributed by atoms with Crippen molar-refractivity contribution in [1.29, 1.82) is 0 Å². The molecule has 45 heavy (non-hydrogen) atoms. The van der Waals surface area contributed by atoms with E-state index in [1.165, 1.54) is 4.90 Å². The maximum Gasteiger partial charge on any atom is 0.264 e.